The Balaban J connectivity index is 2.46. The van der Waals surface area contributed by atoms with Crippen LogP contribution in [0, 0.1) is 0 Å². The molecule has 0 saturated carbocycles. The number of halogens is 1. The molecule has 1 amide bonds. The maximum absolute atomic E-state index is 11.7. The van der Waals surface area contributed by atoms with Gasteiger partial charge >= 0.3 is 6.09 Å². The summed E-state index contributed by atoms with van der Waals surface area (Å²) in [6, 6.07) is 7.06. The number of benzene rings is 1. The normalized spacial score (nSPS) is 10.4. The molecule has 3 N–H and O–H groups in total. The first-order chi connectivity index (χ1) is 8.06. The molecule has 1 heterocycles. The number of carboxylic acid groups (broad SMARTS) is 1. The number of pyridine rings is 1. The minimum atomic E-state index is -1.12. The van der Waals surface area contributed by atoms with Gasteiger partial charge in [-0.25, -0.2) is 4.79 Å². The molecule has 17 heavy (non-hydrogen) atoms. The van der Waals surface area contributed by atoms with Gasteiger partial charge in [-0.2, -0.15) is 0 Å². The van der Waals surface area contributed by atoms with Gasteiger partial charge in [0.15, 0.2) is 0 Å². The van der Waals surface area contributed by atoms with Gasteiger partial charge in [-0.3, -0.25) is 4.79 Å². The summed E-state index contributed by atoms with van der Waals surface area (Å²) in [5.74, 6) is 0. The number of amides is 1. The highest BCUT2D eigenvalue weighted by molar-refractivity contribution is 9.10. The lowest BCUT2D eigenvalue weighted by Crippen LogP contribution is -2.22. The zero-order valence-corrected chi connectivity index (χ0v) is 10.2. The molecule has 0 saturated heterocycles. The van der Waals surface area contributed by atoms with Gasteiger partial charge in [0.2, 0.25) is 0 Å². The first-order valence-electron chi connectivity index (χ1n) is 4.84. The van der Waals surface area contributed by atoms with Gasteiger partial charge in [-0.05, 0) is 29.7 Å². The molecule has 0 aliphatic heterocycles. The molecule has 0 aliphatic rings. The Morgan fingerprint density at radius 3 is 2.88 bits per heavy atom. The molecule has 5 nitrogen and oxygen atoms in total. The second-order valence-corrected chi connectivity index (χ2v) is 4.43. The summed E-state index contributed by atoms with van der Waals surface area (Å²) in [7, 11) is 0. The van der Waals surface area contributed by atoms with Crippen molar-refractivity contribution in [3.8, 4) is 0 Å². The topological polar surface area (TPSA) is 82.2 Å². The van der Waals surface area contributed by atoms with Crippen LogP contribution in [0.4, 0.5) is 4.79 Å². The Bertz CT molecular complexity index is 636. The highest BCUT2D eigenvalue weighted by Crippen LogP contribution is 2.17. The van der Waals surface area contributed by atoms with Crippen LogP contribution in [0.2, 0.25) is 0 Å². The third kappa shape index (κ3) is 2.65. The Morgan fingerprint density at radius 2 is 2.18 bits per heavy atom. The number of H-pyrrole nitrogens is 1. The molecule has 0 radical (unpaired) electrons. The molecule has 0 unspecified atom stereocenters. The van der Waals surface area contributed by atoms with Gasteiger partial charge in [0.25, 0.3) is 5.56 Å². The van der Waals surface area contributed by atoms with E-state index in [1.54, 1.807) is 18.2 Å². The fourth-order valence-corrected chi connectivity index (χ4v) is 1.94. The molecule has 0 fully saturated rings. The molecular formula is C11H9BrN2O3. The number of carbonyl (C=O) groups is 1. The van der Waals surface area contributed by atoms with Crippen LogP contribution in [0.1, 0.15) is 5.69 Å². The number of hydrogen-bond donors (Lipinski definition) is 3. The first kappa shape index (κ1) is 11.7. The van der Waals surface area contributed by atoms with Crippen LogP contribution < -0.4 is 10.9 Å². The molecule has 2 aromatic rings. The van der Waals surface area contributed by atoms with Gasteiger partial charge in [0, 0.05) is 15.6 Å². The summed E-state index contributed by atoms with van der Waals surface area (Å²) < 4.78 is 0.868. The Morgan fingerprint density at radius 1 is 1.41 bits per heavy atom. The van der Waals surface area contributed by atoms with Crippen molar-refractivity contribution >= 4 is 32.8 Å². The lowest BCUT2D eigenvalue weighted by Gasteiger charge is -2.04. The average Bonchev–Trinajstić information content (AvgIpc) is 2.25. The summed E-state index contributed by atoms with van der Waals surface area (Å²) >= 11 is 3.32. The minimum Gasteiger partial charge on any atom is -0.465 e. The van der Waals surface area contributed by atoms with E-state index in [9.17, 15) is 9.59 Å². The second-order valence-electron chi connectivity index (χ2n) is 3.51. The number of nitrogens with one attached hydrogen (secondary N) is 2. The number of aromatic amines is 1. The molecule has 0 bridgehead atoms. The number of hydrogen-bond acceptors (Lipinski definition) is 2. The standard InChI is InChI=1S/C11H9BrN2O3/c12-7-1-2-9-6(3-7)4-8(14-10(9)15)5-13-11(16)17/h1-4,13H,5H2,(H,14,15)(H,16,17). The Kier molecular flexibility index (Phi) is 3.14. The van der Waals surface area contributed by atoms with Crippen LogP contribution in [0.25, 0.3) is 10.8 Å². The van der Waals surface area contributed by atoms with E-state index >= 15 is 0 Å². The summed E-state index contributed by atoms with van der Waals surface area (Å²) in [5, 5.41) is 12.0. The van der Waals surface area contributed by atoms with E-state index in [1.807, 2.05) is 6.07 Å². The quantitative estimate of drug-likeness (QED) is 0.793. The molecular weight excluding hydrogens is 288 g/mol. The summed E-state index contributed by atoms with van der Waals surface area (Å²) in [4.78, 5) is 24.7. The predicted molar refractivity (Wildman–Crippen MR) is 67.1 cm³/mol. The molecule has 6 heteroatoms. The third-order valence-electron chi connectivity index (χ3n) is 2.29. The monoisotopic (exact) mass is 296 g/mol. The van der Waals surface area contributed by atoms with E-state index in [0.29, 0.717) is 11.1 Å². The molecule has 1 aromatic heterocycles. The van der Waals surface area contributed by atoms with E-state index in [2.05, 4.69) is 26.2 Å². The Labute approximate surface area is 105 Å². The molecule has 0 atom stereocenters. The average molecular weight is 297 g/mol. The van der Waals surface area contributed by atoms with Gasteiger partial charge in [0.05, 0.1) is 6.54 Å². The van der Waals surface area contributed by atoms with E-state index in [0.717, 1.165) is 9.86 Å². The fourth-order valence-electron chi connectivity index (χ4n) is 1.56. The largest absolute Gasteiger partial charge is 0.465 e. The van der Waals surface area contributed by atoms with Crippen molar-refractivity contribution in [2.75, 3.05) is 0 Å². The van der Waals surface area contributed by atoms with Crippen molar-refractivity contribution in [3.63, 3.8) is 0 Å². The third-order valence-corrected chi connectivity index (χ3v) is 2.79. The van der Waals surface area contributed by atoms with Crippen LogP contribution >= 0.6 is 15.9 Å². The van der Waals surface area contributed by atoms with Crippen molar-refractivity contribution in [1.82, 2.24) is 10.3 Å². The maximum atomic E-state index is 11.7. The van der Waals surface area contributed by atoms with Gasteiger partial charge in [-0.15, -0.1) is 0 Å². The Hall–Kier alpha value is -1.82. The van der Waals surface area contributed by atoms with Crippen molar-refractivity contribution in [3.05, 3.63) is 44.8 Å². The SMILES string of the molecule is O=C(O)NCc1cc2cc(Br)ccc2c(=O)[nH]1. The highest BCUT2D eigenvalue weighted by atomic mass is 79.9. The molecule has 2 rings (SSSR count). The molecule has 1 aromatic carbocycles. The van der Waals surface area contributed by atoms with E-state index < -0.39 is 6.09 Å². The summed E-state index contributed by atoms with van der Waals surface area (Å²) in [6.45, 7) is 0.0764. The molecule has 0 aliphatic carbocycles. The van der Waals surface area contributed by atoms with Crippen LogP contribution in [-0.2, 0) is 6.54 Å². The molecule has 88 valence electrons. The van der Waals surface area contributed by atoms with Crippen molar-refractivity contribution in [1.29, 1.82) is 0 Å². The number of rotatable bonds is 2. The highest BCUT2D eigenvalue weighted by Gasteiger charge is 2.03. The predicted octanol–water partition coefficient (Wildman–Crippen LogP) is 2.06. The van der Waals surface area contributed by atoms with Gasteiger partial charge < -0.3 is 15.4 Å². The zero-order valence-electron chi connectivity index (χ0n) is 8.66. The molecule has 0 spiro atoms. The summed E-state index contributed by atoms with van der Waals surface area (Å²) in [6.07, 6.45) is -1.12. The minimum absolute atomic E-state index is 0.0764. The van der Waals surface area contributed by atoms with Crippen molar-refractivity contribution in [2.45, 2.75) is 6.54 Å². The number of aromatic nitrogens is 1. The summed E-state index contributed by atoms with van der Waals surface area (Å²) in [5.41, 5.74) is 0.306. The second kappa shape index (κ2) is 4.58. The van der Waals surface area contributed by atoms with Crippen molar-refractivity contribution in [2.24, 2.45) is 0 Å². The zero-order chi connectivity index (χ0) is 12.4. The van der Waals surface area contributed by atoms with Crippen LogP contribution in [0.3, 0.4) is 0 Å². The van der Waals surface area contributed by atoms with Gasteiger partial charge in [-0.1, -0.05) is 15.9 Å². The van der Waals surface area contributed by atoms with Gasteiger partial charge in [0.1, 0.15) is 0 Å². The van der Waals surface area contributed by atoms with Crippen LogP contribution in [0.5, 0.6) is 0 Å². The fraction of sp³-hybridized carbons (Fsp3) is 0.0909. The van der Waals surface area contributed by atoms with Crippen molar-refractivity contribution < 1.29 is 9.90 Å². The lowest BCUT2D eigenvalue weighted by molar-refractivity contribution is 0.194. The van der Waals surface area contributed by atoms with E-state index in [-0.39, 0.29) is 12.1 Å². The van der Waals surface area contributed by atoms with E-state index in [4.69, 9.17) is 5.11 Å². The lowest BCUT2D eigenvalue weighted by atomic mass is 10.1. The van der Waals surface area contributed by atoms with Crippen LogP contribution in [0.15, 0.2) is 33.5 Å². The van der Waals surface area contributed by atoms with E-state index in [1.165, 1.54) is 0 Å². The number of fused-ring (bicyclic) bond motifs is 1. The van der Waals surface area contributed by atoms with Crippen LogP contribution in [-0.4, -0.2) is 16.2 Å². The smallest absolute Gasteiger partial charge is 0.404 e. The first-order valence-corrected chi connectivity index (χ1v) is 5.64. The maximum Gasteiger partial charge on any atom is 0.404 e.